The number of amides is 2. The SMILES string of the molecule is CS(=O)(=O)c1ccc(C(=O)NNC(=O)c2ccccc2-c2ccc(Cn3cccn3)cc2)cc1. The number of hydrazine groups is 1. The summed E-state index contributed by atoms with van der Waals surface area (Å²) in [5.41, 5.74) is 8.06. The van der Waals surface area contributed by atoms with Gasteiger partial charge in [0.15, 0.2) is 9.84 Å². The molecular formula is C25H22N4O4S. The van der Waals surface area contributed by atoms with E-state index in [-0.39, 0.29) is 10.5 Å². The Morgan fingerprint density at radius 1 is 0.853 bits per heavy atom. The van der Waals surface area contributed by atoms with Crippen molar-refractivity contribution in [3.05, 3.63) is 108 Å². The van der Waals surface area contributed by atoms with E-state index in [9.17, 15) is 18.0 Å². The molecule has 0 radical (unpaired) electrons. The van der Waals surface area contributed by atoms with Crippen molar-refractivity contribution in [3.8, 4) is 11.1 Å². The van der Waals surface area contributed by atoms with Gasteiger partial charge in [0.2, 0.25) is 0 Å². The van der Waals surface area contributed by atoms with Crippen LogP contribution in [0.1, 0.15) is 26.3 Å². The molecule has 34 heavy (non-hydrogen) atoms. The van der Waals surface area contributed by atoms with Crippen LogP contribution in [0.4, 0.5) is 0 Å². The first-order valence-corrected chi connectivity index (χ1v) is 12.3. The zero-order valence-corrected chi connectivity index (χ0v) is 19.1. The highest BCUT2D eigenvalue weighted by Gasteiger charge is 2.15. The second-order valence-electron chi connectivity index (χ2n) is 7.65. The van der Waals surface area contributed by atoms with Crippen molar-refractivity contribution in [1.29, 1.82) is 0 Å². The number of nitrogens with one attached hydrogen (secondary N) is 2. The van der Waals surface area contributed by atoms with Crippen molar-refractivity contribution < 1.29 is 18.0 Å². The monoisotopic (exact) mass is 474 g/mol. The molecular weight excluding hydrogens is 452 g/mol. The Morgan fingerprint density at radius 2 is 1.53 bits per heavy atom. The van der Waals surface area contributed by atoms with Crippen molar-refractivity contribution in [1.82, 2.24) is 20.6 Å². The first-order valence-electron chi connectivity index (χ1n) is 10.4. The third kappa shape index (κ3) is 5.38. The minimum absolute atomic E-state index is 0.109. The van der Waals surface area contributed by atoms with Crippen LogP contribution in [0.5, 0.6) is 0 Å². The van der Waals surface area contributed by atoms with Gasteiger partial charge in [0, 0.05) is 29.8 Å². The molecule has 0 aliphatic carbocycles. The molecule has 3 aromatic carbocycles. The summed E-state index contributed by atoms with van der Waals surface area (Å²) in [4.78, 5) is 25.3. The van der Waals surface area contributed by atoms with Crippen molar-refractivity contribution in [3.63, 3.8) is 0 Å². The van der Waals surface area contributed by atoms with Gasteiger partial charge in [-0.1, -0.05) is 42.5 Å². The second kappa shape index (κ2) is 9.72. The smallest absolute Gasteiger partial charge is 0.268 e. The second-order valence-corrected chi connectivity index (χ2v) is 9.67. The molecule has 0 atom stereocenters. The number of rotatable bonds is 6. The molecule has 2 amide bonds. The Hall–Kier alpha value is -4.24. The van der Waals surface area contributed by atoms with Crippen LogP contribution < -0.4 is 10.9 Å². The van der Waals surface area contributed by atoms with Crippen LogP contribution >= 0.6 is 0 Å². The van der Waals surface area contributed by atoms with Gasteiger partial charge in [-0.2, -0.15) is 5.10 Å². The van der Waals surface area contributed by atoms with E-state index in [1.54, 1.807) is 18.3 Å². The molecule has 0 aliphatic heterocycles. The lowest BCUT2D eigenvalue weighted by atomic mass is 9.98. The molecule has 0 unspecified atom stereocenters. The predicted octanol–water partition coefficient (Wildman–Crippen LogP) is 3.08. The van der Waals surface area contributed by atoms with E-state index < -0.39 is 21.7 Å². The molecule has 8 nitrogen and oxygen atoms in total. The summed E-state index contributed by atoms with van der Waals surface area (Å²) >= 11 is 0. The van der Waals surface area contributed by atoms with E-state index in [1.165, 1.54) is 24.3 Å². The fraction of sp³-hybridized carbons (Fsp3) is 0.0800. The Labute approximate surface area is 197 Å². The van der Waals surface area contributed by atoms with Crippen molar-refractivity contribution in [2.45, 2.75) is 11.4 Å². The summed E-state index contributed by atoms with van der Waals surface area (Å²) in [5, 5.41) is 4.20. The molecule has 172 valence electrons. The molecule has 0 aliphatic rings. The Bertz CT molecular complexity index is 1410. The number of aromatic nitrogens is 2. The molecule has 1 heterocycles. The topological polar surface area (TPSA) is 110 Å². The van der Waals surface area contributed by atoms with Gasteiger partial charge in [-0.15, -0.1) is 0 Å². The lowest BCUT2D eigenvalue weighted by Gasteiger charge is -2.12. The number of benzene rings is 3. The van der Waals surface area contributed by atoms with Crippen LogP contribution in [0.25, 0.3) is 11.1 Å². The van der Waals surface area contributed by atoms with Gasteiger partial charge in [-0.25, -0.2) is 8.42 Å². The zero-order chi connectivity index (χ0) is 24.1. The zero-order valence-electron chi connectivity index (χ0n) is 18.3. The van der Waals surface area contributed by atoms with Gasteiger partial charge in [-0.3, -0.25) is 25.1 Å². The Kier molecular flexibility index (Phi) is 6.55. The van der Waals surface area contributed by atoms with E-state index in [1.807, 2.05) is 53.3 Å². The van der Waals surface area contributed by atoms with E-state index in [0.717, 1.165) is 22.9 Å². The maximum Gasteiger partial charge on any atom is 0.270 e. The van der Waals surface area contributed by atoms with E-state index in [4.69, 9.17) is 0 Å². The van der Waals surface area contributed by atoms with Gasteiger partial charge in [0.1, 0.15) is 0 Å². The third-order valence-electron chi connectivity index (χ3n) is 5.17. The standard InChI is InChI=1S/C25H22N4O4S/c1-34(32,33)21-13-11-20(12-14-21)24(30)27-28-25(31)23-6-3-2-5-22(23)19-9-7-18(8-10-19)17-29-16-4-15-26-29/h2-16H,17H2,1H3,(H,27,30)(H,28,31). The lowest BCUT2D eigenvalue weighted by Crippen LogP contribution is -2.41. The molecule has 1 aromatic heterocycles. The third-order valence-corrected chi connectivity index (χ3v) is 6.30. The maximum absolute atomic E-state index is 12.8. The minimum atomic E-state index is -3.36. The van der Waals surface area contributed by atoms with Gasteiger partial charge in [0.25, 0.3) is 11.8 Å². The predicted molar refractivity (Wildman–Crippen MR) is 128 cm³/mol. The van der Waals surface area contributed by atoms with Gasteiger partial charge in [0.05, 0.1) is 11.4 Å². The van der Waals surface area contributed by atoms with E-state index in [2.05, 4.69) is 16.0 Å². The average Bonchev–Trinajstić information content (AvgIpc) is 3.35. The minimum Gasteiger partial charge on any atom is -0.268 e. The molecule has 4 rings (SSSR count). The van der Waals surface area contributed by atoms with Crippen LogP contribution in [0, 0.1) is 0 Å². The molecule has 0 spiro atoms. The highest BCUT2D eigenvalue weighted by Crippen LogP contribution is 2.24. The van der Waals surface area contributed by atoms with Crippen LogP contribution in [0.2, 0.25) is 0 Å². The Balaban J connectivity index is 1.45. The summed E-state index contributed by atoms with van der Waals surface area (Å²) in [7, 11) is -3.36. The summed E-state index contributed by atoms with van der Waals surface area (Å²) in [5.74, 6) is -1.04. The number of hydrogen-bond donors (Lipinski definition) is 2. The molecule has 0 fully saturated rings. The van der Waals surface area contributed by atoms with Crippen LogP contribution in [0.15, 0.2) is 96.2 Å². The molecule has 2 N–H and O–H groups in total. The van der Waals surface area contributed by atoms with Crippen LogP contribution in [-0.4, -0.2) is 36.3 Å². The normalized spacial score (nSPS) is 11.1. The summed E-state index contributed by atoms with van der Waals surface area (Å²) in [6, 6.07) is 22.3. The first kappa shape index (κ1) is 22.9. The lowest BCUT2D eigenvalue weighted by molar-refractivity contribution is 0.0847. The molecule has 0 bridgehead atoms. The van der Waals surface area contributed by atoms with Crippen molar-refractivity contribution in [2.75, 3.05) is 6.26 Å². The maximum atomic E-state index is 12.8. The molecule has 0 saturated heterocycles. The average molecular weight is 475 g/mol. The molecule has 9 heteroatoms. The summed E-state index contributed by atoms with van der Waals surface area (Å²) in [6.07, 6.45) is 4.71. The van der Waals surface area contributed by atoms with Crippen molar-refractivity contribution in [2.24, 2.45) is 0 Å². The van der Waals surface area contributed by atoms with E-state index in [0.29, 0.717) is 12.1 Å². The Morgan fingerprint density at radius 3 is 2.18 bits per heavy atom. The summed E-state index contributed by atoms with van der Waals surface area (Å²) < 4.78 is 25.0. The highest BCUT2D eigenvalue weighted by molar-refractivity contribution is 7.90. The molecule has 0 saturated carbocycles. The number of nitrogens with zero attached hydrogens (tertiary/aromatic N) is 2. The summed E-state index contributed by atoms with van der Waals surface area (Å²) in [6.45, 7) is 0.645. The van der Waals surface area contributed by atoms with Gasteiger partial charge >= 0.3 is 0 Å². The van der Waals surface area contributed by atoms with E-state index >= 15 is 0 Å². The fourth-order valence-corrected chi connectivity index (χ4v) is 4.04. The number of sulfone groups is 1. The number of carbonyl (C=O) groups is 2. The van der Waals surface area contributed by atoms with Crippen LogP contribution in [0.3, 0.4) is 0 Å². The number of carbonyl (C=O) groups excluding carboxylic acids is 2. The first-order chi connectivity index (χ1) is 16.3. The molecule has 4 aromatic rings. The van der Waals surface area contributed by atoms with Gasteiger partial charge < -0.3 is 0 Å². The van der Waals surface area contributed by atoms with Gasteiger partial charge in [-0.05, 0) is 53.1 Å². The largest absolute Gasteiger partial charge is 0.270 e. The highest BCUT2D eigenvalue weighted by atomic mass is 32.2. The fourth-order valence-electron chi connectivity index (χ4n) is 3.41. The number of hydrogen-bond acceptors (Lipinski definition) is 5. The van der Waals surface area contributed by atoms with Crippen molar-refractivity contribution >= 4 is 21.7 Å². The van der Waals surface area contributed by atoms with Crippen LogP contribution in [-0.2, 0) is 16.4 Å². The quantitative estimate of drug-likeness (QED) is 0.418.